The maximum atomic E-state index is 14.3. The predicted molar refractivity (Wildman–Crippen MR) is 96.6 cm³/mol. The molecule has 0 aliphatic heterocycles. The van der Waals surface area contributed by atoms with Gasteiger partial charge in [-0.1, -0.05) is 12.1 Å². The Morgan fingerprint density at radius 2 is 1.78 bits per heavy atom. The van der Waals surface area contributed by atoms with E-state index in [-0.39, 0.29) is 28.1 Å². The zero-order chi connectivity index (χ0) is 19.3. The lowest BCUT2D eigenvalue weighted by Gasteiger charge is -2.11. The van der Waals surface area contributed by atoms with Crippen molar-refractivity contribution in [1.29, 1.82) is 0 Å². The van der Waals surface area contributed by atoms with E-state index >= 15 is 0 Å². The summed E-state index contributed by atoms with van der Waals surface area (Å²) in [6, 6.07) is 10.4. The largest absolute Gasteiger partial charge is 0.417 e. The molecule has 3 aromatic heterocycles. The van der Waals surface area contributed by atoms with E-state index in [9.17, 15) is 17.6 Å². The highest BCUT2D eigenvalue weighted by molar-refractivity contribution is 7.15. The van der Waals surface area contributed by atoms with Crippen LogP contribution in [0, 0.1) is 19.7 Å². The van der Waals surface area contributed by atoms with E-state index in [1.165, 1.54) is 36.5 Å². The molecule has 4 aromatic rings. The number of rotatable bonds is 2. The van der Waals surface area contributed by atoms with Gasteiger partial charge in [0.2, 0.25) is 0 Å². The van der Waals surface area contributed by atoms with Gasteiger partial charge in [-0.05, 0) is 44.2 Å². The number of benzene rings is 1. The monoisotopic (exact) mass is 391 g/mol. The molecule has 0 bridgehead atoms. The van der Waals surface area contributed by atoms with Crippen molar-refractivity contribution in [3.8, 4) is 16.3 Å². The maximum absolute atomic E-state index is 14.3. The van der Waals surface area contributed by atoms with E-state index in [0.29, 0.717) is 4.88 Å². The second-order valence-corrected chi connectivity index (χ2v) is 7.40. The Labute approximate surface area is 155 Å². The van der Waals surface area contributed by atoms with Crippen LogP contribution in [0.2, 0.25) is 0 Å². The third-order valence-electron chi connectivity index (χ3n) is 4.19. The summed E-state index contributed by atoms with van der Waals surface area (Å²) in [6.07, 6.45) is -4.59. The SMILES string of the molecule is Cc1ccc(-c2cc(C(F)(F)F)c3c(C)nn(-c4ccccc4F)c3n2)s1. The van der Waals surface area contributed by atoms with Crippen LogP contribution in [0.5, 0.6) is 0 Å². The number of hydrogen-bond donors (Lipinski definition) is 0. The first-order valence-corrected chi connectivity index (χ1v) is 8.86. The Morgan fingerprint density at radius 3 is 2.41 bits per heavy atom. The Bertz CT molecular complexity index is 1160. The van der Waals surface area contributed by atoms with Crippen LogP contribution in [0.1, 0.15) is 16.1 Å². The molecule has 138 valence electrons. The Morgan fingerprint density at radius 1 is 1.04 bits per heavy atom. The van der Waals surface area contributed by atoms with Crippen molar-refractivity contribution in [1.82, 2.24) is 14.8 Å². The number of fused-ring (bicyclic) bond motifs is 1. The molecule has 1 aromatic carbocycles. The highest BCUT2D eigenvalue weighted by Gasteiger charge is 2.36. The van der Waals surface area contributed by atoms with Gasteiger partial charge >= 0.3 is 6.18 Å². The lowest BCUT2D eigenvalue weighted by atomic mass is 10.1. The Hall–Kier alpha value is -2.74. The van der Waals surface area contributed by atoms with Gasteiger partial charge in [0.15, 0.2) is 5.65 Å². The highest BCUT2D eigenvalue weighted by Crippen LogP contribution is 2.39. The molecule has 8 heteroatoms. The minimum atomic E-state index is -4.59. The van der Waals surface area contributed by atoms with Gasteiger partial charge in [-0.3, -0.25) is 0 Å². The molecule has 27 heavy (non-hydrogen) atoms. The number of halogens is 4. The van der Waals surface area contributed by atoms with Crippen molar-refractivity contribution in [2.24, 2.45) is 0 Å². The van der Waals surface area contributed by atoms with Gasteiger partial charge in [0.05, 0.1) is 27.2 Å². The average molecular weight is 391 g/mol. The quantitative estimate of drug-likeness (QED) is 0.397. The van der Waals surface area contributed by atoms with Crippen LogP contribution in [0.25, 0.3) is 27.3 Å². The number of aryl methyl sites for hydroxylation is 2. The minimum Gasteiger partial charge on any atom is -0.227 e. The number of aromatic nitrogens is 3. The summed E-state index contributed by atoms with van der Waals surface area (Å²) in [7, 11) is 0. The van der Waals surface area contributed by atoms with E-state index in [0.717, 1.165) is 15.6 Å². The molecule has 0 N–H and O–H groups in total. The van der Waals surface area contributed by atoms with Gasteiger partial charge < -0.3 is 0 Å². The number of nitrogens with zero attached hydrogens (tertiary/aromatic N) is 3. The lowest BCUT2D eigenvalue weighted by Crippen LogP contribution is -2.08. The van der Waals surface area contributed by atoms with Crippen LogP contribution in [-0.4, -0.2) is 14.8 Å². The van der Waals surface area contributed by atoms with Gasteiger partial charge in [0.1, 0.15) is 11.5 Å². The normalized spacial score (nSPS) is 12.1. The van der Waals surface area contributed by atoms with Crippen LogP contribution in [-0.2, 0) is 6.18 Å². The van der Waals surface area contributed by atoms with Crippen LogP contribution in [0.15, 0.2) is 42.5 Å². The van der Waals surface area contributed by atoms with Crippen molar-refractivity contribution in [2.75, 3.05) is 0 Å². The fourth-order valence-corrected chi connectivity index (χ4v) is 3.83. The molecule has 3 heterocycles. The van der Waals surface area contributed by atoms with E-state index in [1.807, 2.05) is 13.0 Å². The molecule has 3 nitrogen and oxygen atoms in total. The van der Waals surface area contributed by atoms with Crippen molar-refractivity contribution in [2.45, 2.75) is 20.0 Å². The first kappa shape index (κ1) is 17.7. The average Bonchev–Trinajstić information content (AvgIpc) is 3.18. The molecular weight excluding hydrogens is 378 g/mol. The van der Waals surface area contributed by atoms with Crippen molar-refractivity contribution < 1.29 is 17.6 Å². The number of para-hydroxylation sites is 1. The van der Waals surface area contributed by atoms with Crippen molar-refractivity contribution in [3.05, 3.63) is 64.4 Å². The number of alkyl halides is 3. The van der Waals surface area contributed by atoms with Crippen LogP contribution < -0.4 is 0 Å². The molecule has 0 spiro atoms. The van der Waals surface area contributed by atoms with E-state index in [4.69, 9.17) is 0 Å². The zero-order valence-corrected chi connectivity index (χ0v) is 15.1. The molecule has 0 saturated carbocycles. The highest BCUT2D eigenvalue weighted by atomic mass is 32.1. The van der Waals surface area contributed by atoms with Crippen LogP contribution in [0.4, 0.5) is 17.6 Å². The number of pyridine rings is 1. The lowest BCUT2D eigenvalue weighted by molar-refractivity contribution is -0.136. The molecule has 0 amide bonds. The molecule has 0 saturated heterocycles. The summed E-state index contributed by atoms with van der Waals surface area (Å²) >= 11 is 1.35. The minimum absolute atomic E-state index is 0.0199. The molecule has 0 radical (unpaired) electrons. The Balaban J connectivity index is 2.09. The summed E-state index contributed by atoms with van der Waals surface area (Å²) in [4.78, 5) is 5.98. The molecule has 0 aliphatic carbocycles. The smallest absolute Gasteiger partial charge is 0.227 e. The third kappa shape index (κ3) is 2.99. The second kappa shape index (κ2) is 6.16. The van der Waals surface area contributed by atoms with Crippen molar-refractivity contribution >= 4 is 22.4 Å². The molecule has 0 aliphatic rings. The summed E-state index contributed by atoms with van der Waals surface area (Å²) in [6.45, 7) is 3.33. The van der Waals surface area contributed by atoms with Gasteiger partial charge in [0, 0.05) is 4.88 Å². The standard InChI is InChI=1S/C19H13F4N3S/c1-10-7-8-16(27-10)14-9-12(19(21,22)23)17-11(2)25-26(18(17)24-14)15-6-4-3-5-13(15)20/h3-9H,1-2H3. The zero-order valence-electron chi connectivity index (χ0n) is 14.3. The summed E-state index contributed by atoms with van der Waals surface area (Å²) in [5.74, 6) is -0.588. The molecule has 4 rings (SSSR count). The summed E-state index contributed by atoms with van der Waals surface area (Å²) < 4.78 is 56.7. The first-order valence-electron chi connectivity index (χ1n) is 8.05. The maximum Gasteiger partial charge on any atom is 0.417 e. The van der Waals surface area contributed by atoms with Gasteiger partial charge in [0.25, 0.3) is 0 Å². The van der Waals surface area contributed by atoms with E-state index in [2.05, 4.69) is 10.1 Å². The number of thiophene rings is 1. The summed E-state index contributed by atoms with van der Waals surface area (Å²) in [5.41, 5.74) is -0.467. The van der Waals surface area contributed by atoms with Gasteiger partial charge in [-0.25, -0.2) is 14.1 Å². The second-order valence-electron chi connectivity index (χ2n) is 6.11. The van der Waals surface area contributed by atoms with Crippen LogP contribution >= 0.6 is 11.3 Å². The summed E-state index contributed by atoms with van der Waals surface area (Å²) in [5, 5.41) is 4.03. The molecular formula is C19H13F4N3S. The molecule has 0 atom stereocenters. The van der Waals surface area contributed by atoms with Crippen LogP contribution in [0.3, 0.4) is 0 Å². The predicted octanol–water partition coefficient (Wildman–Crippen LogP) is 5.92. The fourth-order valence-electron chi connectivity index (χ4n) is 3.00. The number of hydrogen-bond acceptors (Lipinski definition) is 3. The molecule has 0 unspecified atom stereocenters. The first-order chi connectivity index (χ1) is 12.8. The Kier molecular flexibility index (Phi) is 4.03. The van der Waals surface area contributed by atoms with E-state index in [1.54, 1.807) is 12.1 Å². The van der Waals surface area contributed by atoms with E-state index < -0.39 is 17.6 Å². The fraction of sp³-hybridized carbons (Fsp3) is 0.158. The van der Waals surface area contributed by atoms with Gasteiger partial charge in [-0.15, -0.1) is 11.3 Å². The topological polar surface area (TPSA) is 30.7 Å². The third-order valence-corrected chi connectivity index (χ3v) is 5.21. The molecule has 0 fully saturated rings. The van der Waals surface area contributed by atoms with Gasteiger partial charge in [-0.2, -0.15) is 18.3 Å². The van der Waals surface area contributed by atoms with Crippen molar-refractivity contribution in [3.63, 3.8) is 0 Å².